The van der Waals surface area contributed by atoms with Gasteiger partial charge in [-0.1, -0.05) is 90.9 Å². The lowest BCUT2D eigenvalue weighted by Crippen LogP contribution is -2.48. The zero-order chi connectivity index (χ0) is 28.4. The van der Waals surface area contributed by atoms with Crippen LogP contribution in [0.1, 0.15) is 117 Å². The van der Waals surface area contributed by atoms with Crippen LogP contribution < -0.4 is 0 Å². The van der Waals surface area contributed by atoms with Gasteiger partial charge in [0.25, 0.3) is 0 Å². The van der Waals surface area contributed by atoms with Crippen LogP contribution in [-0.2, 0) is 27.5 Å². The second-order valence-electron chi connectivity index (χ2n) is 10.9. The smallest absolute Gasteiger partial charge is 0.382 e. The highest BCUT2D eigenvalue weighted by Gasteiger charge is 2.42. The molecule has 230 valence electrons. The summed E-state index contributed by atoms with van der Waals surface area (Å²) in [5, 5.41) is 0. The van der Waals surface area contributed by atoms with E-state index in [1.165, 1.54) is 83.5 Å². The van der Waals surface area contributed by atoms with Crippen LogP contribution in [0.3, 0.4) is 0 Å². The lowest BCUT2D eigenvalue weighted by atomic mass is 9.86. The maximum atomic E-state index is 7.07. The van der Waals surface area contributed by atoms with Gasteiger partial charge in [-0.25, -0.2) is 0 Å². The maximum absolute atomic E-state index is 7.07. The van der Waals surface area contributed by atoms with Crippen molar-refractivity contribution in [2.75, 3.05) is 61.0 Å². The minimum atomic E-state index is -2.90. The molecule has 0 rings (SSSR count). The van der Waals surface area contributed by atoms with E-state index in [4.69, 9.17) is 39.1 Å². The van der Waals surface area contributed by atoms with E-state index in [0.717, 1.165) is 18.9 Å². The van der Waals surface area contributed by atoms with Crippen LogP contribution in [0, 0.1) is 5.92 Å². The van der Waals surface area contributed by atoms with Crippen LogP contribution in [0.5, 0.6) is 0 Å². The Labute approximate surface area is 242 Å². The van der Waals surface area contributed by atoms with Crippen molar-refractivity contribution < 1.29 is 27.5 Å². The van der Waals surface area contributed by atoms with Gasteiger partial charge in [0.15, 0.2) is 0 Å². The summed E-state index contributed by atoms with van der Waals surface area (Å²) in [7, 11) is 2.10. The fraction of sp³-hybridized carbons (Fsp3) is 1.00. The molecule has 0 fully saturated rings. The average Bonchev–Trinajstić information content (AvgIpc) is 2.89. The molecule has 2 atom stereocenters. The molecule has 0 aliphatic carbocycles. The number of rotatable bonds is 30. The maximum Gasteiger partial charge on any atom is 0.501 e. The number of halogens is 1. The first-order chi connectivity index (χ1) is 18.4. The van der Waals surface area contributed by atoms with Gasteiger partial charge in [0.1, 0.15) is 0 Å². The molecular weight excluding hydrogens is 520 g/mol. The van der Waals surface area contributed by atoms with Crippen molar-refractivity contribution in [3.8, 4) is 0 Å². The molecule has 0 aliphatic rings. The quantitative estimate of drug-likeness (QED) is 0.0481. The van der Waals surface area contributed by atoms with Crippen molar-refractivity contribution in [1.82, 2.24) is 0 Å². The topological polar surface area (TPSA) is 55.4 Å². The molecule has 0 aromatic heterocycles. The second kappa shape index (κ2) is 26.2. The minimum Gasteiger partial charge on any atom is -0.382 e. The van der Waals surface area contributed by atoms with Gasteiger partial charge in [-0.2, -0.15) is 0 Å². The highest BCUT2D eigenvalue weighted by atomic mass is 35.5. The van der Waals surface area contributed by atoms with Crippen LogP contribution in [0.4, 0.5) is 0 Å². The molecule has 0 amide bonds. The van der Waals surface area contributed by atoms with E-state index in [-0.39, 0.29) is 4.87 Å². The van der Waals surface area contributed by atoms with Gasteiger partial charge in [-0.05, 0) is 32.1 Å². The summed E-state index contributed by atoms with van der Waals surface area (Å²) in [4.78, 5) is -0.247. The Morgan fingerprint density at radius 1 is 0.605 bits per heavy atom. The lowest BCUT2D eigenvalue weighted by Gasteiger charge is -2.33. The van der Waals surface area contributed by atoms with E-state index in [2.05, 4.69) is 20.8 Å². The number of ether oxygens (including phenoxy) is 3. The number of methoxy groups -OCH3 is 3. The van der Waals surface area contributed by atoms with Gasteiger partial charge < -0.3 is 27.5 Å². The first kappa shape index (κ1) is 38.3. The Kier molecular flexibility index (Phi) is 26.4. The van der Waals surface area contributed by atoms with E-state index < -0.39 is 8.80 Å². The standard InChI is InChI=1S/C30H63ClO6Si/c1-7-8-9-10-11-12-13-14-15-16-17-18-20-29(2)30(3,31)21-19-28-38(35-25-22-32-4,36-26-23-33-5)37-27-24-34-6/h29H,7-28H2,1-6H3. The SMILES string of the molecule is CCCCCCCCCCCCCCC(C)C(C)(Cl)CCC[Si](OCCOC)(OCCOC)OCCOC. The second-order valence-corrected chi connectivity index (χ2v) is 14.5. The Morgan fingerprint density at radius 3 is 1.39 bits per heavy atom. The van der Waals surface area contributed by atoms with Crippen molar-refractivity contribution in [3.05, 3.63) is 0 Å². The summed E-state index contributed by atoms with van der Waals surface area (Å²) in [6.07, 6.45) is 19.5. The van der Waals surface area contributed by atoms with Gasteiger partial charge in [0.2, 0.25) is 0 Å². The zero-order valence-electron chi connectivity index (χ0n) is 26.0. The van der Waals surface area contributed by atoms with Gasteiger partial charge in [-0.3, -0.25) is 0 Å². The highest BCUT2D eigenvalue weighted by Crippen LogP contribution is 2.35. The molecule has 0 radical (unpaired) electrons. The molecule has 0 saturated carbocycles. The molecule has 8 heteroatoms. The Bertz CT molecular complexity index is 471. The molecule has 0 aromatic carbocycles. The van der Waals surface area contributed by atoms with E-state index in [1.807, 2.05) is 0 Å². The van der Waals surface area contributed by atoms with E-state index in [9.17, 15) is 0 Å². The average molecular weight is 583 g/mol. The molecule has 0 saturated heterocycles. The van der Waals surface area contributed by atoms with Crippen LogP contribution in [0.2, 0.25) is 6.04 Å². The largest absolute Gasteiger partial charge is 0.501 e. The molecule has 6 nitrogen and oxygen atoms in total. The van der Waals surface area contributed by atoms with Crippen molar-refractivity contribution in [3.63, 3.8) is 0 Å². The lowest BCUT2D eigenvalue weighted by molar-refractivity contribution is 0.0141. The third kappa shape index (κ3) is 21.1. The van der Waals surface area contributed by atoms with E-state index in [0.29, 0.717) is 45.6 Å². The summed E-state index contributed by atoms with van der Waals surface area (Å²) in [5.41, 5.74) is 0. The first-order valence-electron chi connectivity index (χ1n) is 15.4. The molecular formula is C30H63ClO6Si. The third-order valence-electron chi connectivity index (χ3n) is 7.50. The predicted octanol–water partition coefficient (Wildman–Crippen LogP) is 8.42. The Hall–Kier alpha value is 0.267. The van der Waals surface area contributed by atoms with E-state index in [1.54, 1.807) is 21.3 Å². The third-order valence-corrected chi connectivity index (χ3v) is 11.0. The van der Waals surface area contributed by atoms with Crippen LogP contribution in [0.25, 0.3) is 0 Å². The summed E-state index contributed by atoms with van der Waals surface area (Å²) in [5.74, 6) is 0.460. The van der Waals surface area contributed by atoms with Crippen molar-refractivity contribution >= 4 is 20.4 Å². The number of alkyl halides is 1. The Balaban J connectivity index is 4.40. The fourth-order valence-corrected chi connectivity index (χ4v) is 7.39. The van der Waals surface area contributed by atoms with Gasteiger partial charge >= 0.3 is 8.80 Å². The summed E-state index contributed by atoms with van der Waals surface area (Å²) >= 11 is 7.07. The molecule has 0 spiro atoms. The molecule has 0 N–H and O–H groups in total. The first-order valence-corrected chi connectivity index (χ1v) is 17.8. The molecule has 0 heterocycles. The minimum absolute atomic E-state index is 0.247. The Morgan fingerprint density at radius 2 is 1.00 bits per heavy atom. The molecule has 0 aromatic rings. The van der Waals surface area contributed by atoms with Gasteiger partial charge in [0.05, 0.1) is 39.6 Å². The number of hydrogen-bond acceptors (Lipinski definition) is 6. The zero-order valence-corrected chi connectivity index (χ0v) is 27.7. The molecule has 38 heavy (non-hydrogen) atoms. The van der Waals surface area contributed by atoms with Crippen LogP contribution in [-0.4, -0.2) is 74.6 Å². The van der Waals surface area contributed by atoms with E-state index >= 15 is 0 Å². The number of hydrogen-bond donors (Lipinski definition) is 0. The number of unbranched alkanes of at least 4 members (excludes halogenated alkanes) is 11. The normalized spacial score (nSPS) is 14.6. The summed E-state index contributed by atoms with van der Waals surface area (Å²) < 4.78 is 34.2. The van der Waals surface area contributed by atoms with Gasteiger partial charge in [-0.15, -0.1) is 11.6 Å². The van der Waals surface area contributed by atoms with Gasteiger partial charge in [0, 0.05) is 32.2 Å². The fourth-order valence-electron chi connectivity index (χ4n) is 4.67. The molecule has 0 aliphatic heterocycles. The molecule has 0 bridgehead atoms. The monoisotopic (exact) mass is 582 g/mol. The summed E-state index contributed by atoms with van der Waals surface area (Å²) in [6.45, 7) is 9.59. The van der Waals surface area contributed by atoms with Crippen molar-refractivity contribution in [1.29, 1.82) is 0 Å². The molecule has 2 unspecified atom stereocenters. The van der Waals surface area contributed by atoms with Crippen molar-refractivity contribution in [2.45, 2.75) is 128 Å². The van der Waals surface area contributed by atoms with Crippen LogP contribution >= 0.6 is 11.6 Å². The predicted molar refractivity (Wildman–Crippen MR) is 162 cm³/mol. The highest BCUT2D eigenvalue weighted by molar-refractivity contribution is 6.60. The van der Waals surface area contributed by atoms with Crippen LogP contribution in [0.15, 0.2) is 0 Å². The summed E-state index contributed by atoms with van der Waals surface area (Å²) in [6, 6.07) is 0.720. The van der Waals surface area contributed by atoms with Crippen molar-refractivity contribution in [2.24, 2.45) is 5.92 Å².